The maximum Gasteiger partial charge on any atom is 0.337 e. The van der Waals surface area contributed by atoms with E-state index in [1.807, 2.05) is 42.6 Å². The minimum Gasteiger partial charge on any atom is -0.465 e. The average molecular weight is 511 g/mol. The van der Waals surface area contributed by atoms with Gasteiger partial charge in [-0.3, -0.25) is 9.20 Å². The van der Waals surface area contributed by atoms with Gasteiger partial charge in [0.15, 0.2) is 0 Å². The molecule has 0 aliphatic heterocycles. The fourth-order valence-electron chi connectivity index (χ4n) is 4.09. The lowest BCUT2D eigenvalue weighted by atomic mass is 10.0. The van der Waals surface area contributed by atoms with E-state index in [0.29, 0.717) is 16.4 Å². The zero-order valence-electron chi connectivity index (χ0n) is 21.3. The lowest BCUT2D eigenvalue weighted by molar-refractivity contribution is 0.0600. The zero-order valence-corrected chi connectivity index (χ0v) is 23.0. The average Bonchev–Trinajstić information content (AvgIpc) is 3.11. The highest BCUT2D eigenvalue weighted by Crippen LogP contribution is 2.40. The lowest BCUT2D eigenvalue weighted by Crippen LogP contribution is -2.05. The van der Waals surface area contributed by atoms with Gasteiger partial charge in [-0.1, -0.05) is 43.8 Å². The molecule has 35 heavy (non-hydrogen) atoms. The number of benzene rings is 2. The molecule has 0 saturated carbocycles. The van der Waals surface area contributed by atoms with Crippen LogP contribution in [0, 0.1) is 12.8 Å². The molecule has 0 fully saturated rings. The first-order valence-corrected chi connectivity index (χ1v) is 14.6. The smallest absolute Gasteiger partial charge is 0.337 e. The Hall–Kier alpha value is -2.77. The molecule has 0 saturated heterocycles. The minimum absolute atomic E-state index is 0.362. The van der Waals surface area contributed by atoms with Gasteiger partial charge < -0.3 is 9.30 Å². The number of ether oxygens (including phenoxy) is 1. The number of carbonyl (C=O) groups is 1. The molecule has 1 heterocycles. The van der Waals surface area contributed by atoms with Crippen molar-refractivity contribution >= 4 is 55.9 Å². The van der Waals surface area contributed by atoms with Crippen LogP contribution in [0.2, 0.25) is 0 Å². The first-order chi connectivity index (χ1) is 16.6. The van der Waals surface area contributed by atoms with Crippen LogP contribution >= 0.6 is 11.8 Å². The molecule has 0 spiro atoms. The standard InChI is InChI=1S/C28H34N2O3S2/c1-8-20(9-2)15-22(18-29-4)30-19(3)27(25-14-13-24(17-26(25)30)35(6,7)32)34-23-12-10-11-21(16-23)28(31)33-5/h10-18,20H,6,8-9H2,1-5,7H3. The highest BCUT2D eigenvalue weighted by molar-refractivity contribution is 8.00. The van der Waals surface area contributed by atoms with E-state index in [0.717, 1.165) is 44.9 Å². The zero-order chi connectivity index (χ0) is 25.8. The summed E-state index contributed by atoms with van der Waals surface area (Å²) in [4.78, 5) is 19.1. The number of rotatable bonds is 9. The number of aromatic nitrogens is 1. The number of esters is 1. The number of allylic oxidation sites excluding steroid dienone is 2. The highest BCUT2D eigenvalue weighted by Gasteiger charge is 2.20. The Kier molecular flexibility index (Phi) is 8.67. The third kappa shape index (κ3) is 5.90. The van der Waals surface area contributed by atoms with Crippen LogP contribution in [0.3, 0.4) is 0 Å². The topological polar surface area (TPSA) is 60.7 Å². The SMILES string of the molecule is C=S(C)(=O)c1ccc2c(Sc3cccc(C(=O)OC)c3)c(C)n(C(C=NC)=CC(CC)CC)c2c1. The van der Waals surface area contributed by atoms with Crippen molar-refractivity contribution in [1.82, 2.24) is 4.57 Å². The van der Waals surface area contributed by atoms with Crippen molar-refractivity contribution in [3.8, 4) is 0 Å². The molecule has 0 radical (unpaired) electrons. The Morgan fingerprint density at radius 1 is 1.23 bits per heavy atom. The summed E-state index contributed by atoms with van der Waals surface area (Å²) in [6, 6.07) is 13.3. The van der Waals surface area contributed by atoms with Gasteiger partial charge in [0.05, 0.1) is 23.9 Å². The van der Waals surface area contributed by atoms with Crippen molar-refractivity contribution in [2.75, 3.05) is 20.4 Å². The van der Waals surface area contributed by atoms with Crippen LogP contribution in [0.4, 0.5) is 0 Å². The number of aliphatic imine (C=N–C) groups is 1. The summed E-state index contributed by atoms with van der Waals surface area (Å²) in [6.45, 7) is 6.47. The van der Waals surface area contributed by atoms with Gasteiger partial charge in [-0.15, -0.1) is 0 Å². The number of nitrogens with zero attached hydrogens (tertiary/aromatic N) is 2. The summed E-state index contributed by atoms with van der Waals surface area (Å²) in [7, 11) is 0.771. The van der Waals surface area contributed by atoms with Gasteiger partial charge >= 0.3 is 5.97 Å². The van der Waals surface area contributed by atoms with Crippen LogP contribution in [-0.4, -0.2) is 47.2 Å². The van der Waals surface area contributed by atoms with Gasteiger partial charge in [0.1, 0.15) is 0 Å². The van der Waals surface area contributed by atoms with Crippen LogP contribution in [0.1, 0.15) is 42.7 Å². The van der Waals surface area contributed by atoms with Crippen LogP contribution < -0.4 is 0 Å². The maximum atomic E-state index is 12.8. The molecule has 3 rings (SSSR count). The minimum atomic E-state index is -2.39. The molecule has 0 amide bonds. The molecule has 186 valence electrons. The second-order valence-electron chi connectivity index (χ2n) is 8.61. The second-order valence-corrected chi connectivity index (χ2v) is 12.2. The number of hydrogen-bond donors (Lipinski definition) is 0. The number of hydrogen-bond acceptors (Lipinski definition) is 5. The van der Waals surface area contributed by atoms with Crippen molar-refractivity contribution < 1.29 is 13.7 Å². The number of methoxy groups -OCH3 is 1. The monoisotopic (exact) mass is 510 g/mol. The van der Waals surface area contributed by atoms with E-state index < -0.39 is 9.52 Å². The second kappa shape index (κ2) is 11.3. The molecule has 1 unspecified atom stereocenters. The lowest BCUT2D eigenvalue weighted by Gasteiger charge is -2.14. The summed E-state index contributed by atoms with van der Waals surface area (Å²) in [6.07, 6.45) is 7.88. The van der Waals surface area contributed by atoms with E-state index in [1.54, 1.807) is 31.1 Å². The highest BCUT2D eigenvalue weighted by atomic mass is 32.2. The van der Waals surface area contributed by atoms with E-state index in [2.05, 4.69) is 42.3 Å². The van der Waals surface area contributed by atoms with Gasteiger partial charge in [0.2, 0.25) is 0 Å². The molecule has 1 atom stereocenters. The molecule has 0 aliphatic carbocycles. The van der Waals surface area contributed by atoms with Crippen LogP contribution in [0.15, 0.2) is 68.2 Å². The van der Waals surface area contributed by atoms with Crippen LogP contribution in [0.5, 0.6) is 0 Å². The molecule has 1 aromatic heterocycles. The maximum absolute atomic E-state index is 12.8. The van der Waals surface area contributed by atoms with Crippen LogP contribution in [0.25, 0.3) is 16.6 Å². The van der Waals surface area contributed by atoms with E-state index >= 15 is 0 Å². The Morgan fingerprint density at radius 2 is 1.94 bits per heavy atom. The molecule has 5 nitrogen and oxygen atoms in total. The van der Waals surface area contributed by atoms with Crippen molar-refractivity contribution in [1.29, 1.82) is 0 Å². The van der Waals surface area contributed by atoms with Gasteiger partial charge in [-0.2, -0.15) is 0 Å². The van der Waals surface area contributed by atoms with Crippen molar-refractivity contribution in [3.63, 3.8) is 0 Å². The number of fused-ring (bicyclic) bond motifs is 1. The Morgan fingerprint density at radius 3 is 2.54 bits per heavy atom. The summed E-state index contributed by atoms with van der Waals surface area (Å²) in [5.74, 6) is 3.95. The predicted octanol–water partition coefficient (Wildman–Crippen LogP) is 6.57. The molecule has 0 bridgehead atoms. The van der Waals surface area contributed by atoms with Gasteiger partial charge in [0, 0.05) is 45.3 Å². The van der Waals surface area contributed by atoms with Crippen molar-refractivity contribution in [3.05, 3.63) is 59.8 Å². The van der Waals surface area contributed by atoms with Crippen LogP contribution in [-0.2, 0) is 14.3 Å². The fourth-order valence-corrected chi connectivity index (χ4v) is 5.90. The molecule has 2 aromatic carbocycles. The van der Waals surface area contributed by atoms with E-state index in [4.69, 9.17) is 4.74 Å². The normalized spacial score (nSPS) is 14.1. The summed E-state index contributed by atoms with van der Waals surface area (Å²) < 4.78 is 19.9. The summed E-state index contributed by atoms with van der Waals surface area (Å²) in [5, 5.41) is 1.04. The molecule has 7 heteroatoms. The Balaban J connectivity index is 2.29. The third-order valence-corrected chi connectivity index (χ3v) is 8.53. The molecular weight excluding hydrogens is 476 g/mol. The number of carbonyl (C=O) groups excluding carboxylic acids is 1. The molecule has 3 aromatic rings. The molecule has 0 aliphatic rings. The summed E-state index contributed by atoms with van der Waals surface area (Å²) >= 11 is 1.60. The van der Waals surface area contributed by atoms with Gasteiger partial charge in [-0.05, 0) is 71.4 Å². The van der Waals surface area contributed by atoms with E-state index in [-0.39, 0.29) is 5.97 Å². The molecule has 0 N–H and O–H groups in total. The molecular formula is C28H34N2O3S2. The summed E-state index contributed by atoms with van der Waals surface area (Å²) in [5.41, 5.74) is 3.51. The van der Waals surface area contributed by atoms with Gasteiger partial charge in [-0.25, -0.2) is 4.79 Å². The fraction of sp³-hybridized carbons (Fsp3) is 0.321. The van der Waals surface area contributed by atoms with Crippen molar-refractivity contribution in [2.24, 2.45) is 10.9 Å². The van der Waals surface area contributed by atoms with Gasteiger partial charge in [0.25, 0.3) is 0 Å². The first-order valence-electron chi connectivity index (χ1n) is 11.6. The van der Waals surface area contributed by atoms with E-state index in [9.17, 15) is 9.00 Å². The largest absolute Gasteiger partial charge is 0.465 e. The van der Waals surface area contributed by atoms with E-state index in [1.165, 1.54) is 7.11 Å². The third-order valence-electron chi connectivity index (χ3n) is 6.07. The first kappa shape index (κ1) is 26.8. The Bertz CT molecular complexity index is 1400. The Labute approximate surface area is 213 Å². The van der Waals surface area contributed by atoms with Crippen molar-refractivity contribution in [2.45, 2.75) is 48.3 Å². The predicted molar refractivity (Wildman–Crippen MR) is 151 cm³/mol. The quantitative estimate of drug-likeness (QED) is 0.186.